The van der Waals surface area contributed by atoms with Crippen molar-refractivity contribution in [1.82, 2.24) is 10.6 Å². The van der Waals surface area contributed by atoms with Gasteiger partial charge in [0, 0.05) is 28.6 Å². The van der Waals surface area contributed by atoms with Crippen molar-refractivity contribution >= 4 is 30.1 Å². The SMILES string of the molecule is Cl.O=C(CC1CCCN1)NCC1(Sc2ccccc2)CCCC1. The first-order valence-electron chi connectivity index (χ1n) is 8.50. The van der Waals surface area contributed by atoms with Gasteiger partial charge in [-0.1, -0.05) is 31.0 Å². The van der Waals surface area contributed by atoms with Crippen molar-refractivity contribution in [2.45, 2.75) is 60.6 Å². The van der Waals surface area contributed by atoms with Crippen molar-refractivity contribution in [2.75, 3.05) is 13.1 Å². The van der Waals surface area contributed by atoms with Crippen LogP contribution < -0.4 is 10.6 Å². The third-order valence-corrected chi connectivity index (χ3v) is 6.29. The smallest absolute Gasteiger partial charge is 0.221 e. The van der Waals surface area contributed by atoms with Crippen molar-refractivity contribution < 1.29 is 4.79 Å². The molecule has 1 heterocycles. The Balaban J connectivity index is 0.00000192. The highest BCUT2D eigenvalue weighted by Gasteiger charge is 2.35. The molecule has 3 rings (SSSR count). The standard InChI is InChI=1S/C18H26N2OS.ClH/c21-17(13-15-7-6-12-19-15)20-14-18(10-4-5-11-18)22-16-8-2-1-3-9-16;/h1-3,8-9,15,19H,4-7,10-14H2,(H,20,21);1H. The van der Waals surface area contributed by atoms with E-state index in [-0.39, 0.29) is 23.1 Å². The lowest BCUT2D eigenvalue weighted by molar-refractivity contribution is -0.121. The number of amides is 1. The average Bonchev–Trinajstić information content (AvgIpc) is 3.19. The van der Waals surface area contributed by atoms with Crippen molar-refractivity contribution in [1.29, 1.82) is 0 Å². The summed E-state index contributed by atoms with van der Waals surface area (Å²) in [5, 5.41) is 6.61. The summed E-state index contributed by atoms with van der Waals surface area (Å²) < 4.78 is 0.195. The molecular weight excluding hydrogens is 328 g/mol. The summed E-state index contributed by atoms with van der Waals surface area (Å²) >= 11 is 1.95. The number of nitrogens with one attached hydrogen (secondary N) is 2. The molecule has 1 atom stereocenters. The van der Waals surface area contributed by atoms with Crippen molar-refractivity contribution in [3.05, 3.63) is 30.3 Å². The minimum absolute atomic E-state index is 0. The monoisotopic (exact) mass is 354 g/mol. The molecule has 1 aliphatic carbocycles. The molecule has 2 fully saturated rings. The molecule has 1 aromatic rings. The van der Waals surface area contributed by atoms with Gasteiger partial charge in [0.05, 0.1) is 0 Å². The van der Waals surface area contributed by atoms with Crippen LogP contribution in [0.3, 0.4) is 0 Å². The predicted octanol–water partition coefficient (Wildman–Crippen LogP) is 3.77. The van der Waals surface area contributed by atoms with Gasteiger partial charge in [-0.05, 0) is 44.4 Å². The van der Waals surface area contributed by atoms with E-state index >= 15 is 0 Å². The van der Waals surface area contributed by atoms with Crippen molar-refractivity contribution in [3.8, 4) is 0 Å². The molecule has 2 N–H and O–H groups in total. The van der Waals surface area contributed by atoms with Gasteiger partial charge in [-0.15, -0.1) is 24.2 Å². The molecule has 0 spiro atoms. The summed E-state index contributed by atoms with van der Waals surface area (Å²) in [6, 6.07) is 11.0. The first-order valence-corrected chi connectivity index (χ1v) is 9.32. The molecule has 1 unspecified atom stereocenters. The van der Waals surface area contributed by atoms with Crippen LogP contribution in [0.2, 0.25) is 0 Å². The number of carbonyl (C=O) groups is 1. The molecular formula is C18H27ClN2OS. The molecule has 128 valence electrons. The predicted molar refractivity (Wildman–Crippen MR) is 99.4 cm³/mol. The van der Waals surface area contributed by atoms with Crippen molar-refractivity contribution in [2.24, 2.45) is 0 Å². The highest BCUT2D eigenvalue weighted by Crippen LogP contribution is 2.44. The number of rotatable bonds is 6. The number of thioether (sulfide) groups is 1. The fourth-order valence-electron chi connectivity index (χ4n) is 3.56. The molecule has 0 radical (unpaired) electrons. The van der Waals surface area contributed by atoms with E-state index in [0.29, 0.717) is 12.5 Å². The van der Waals surface area contributed by atoms with Gasteiger partial charge >= 0.3 is 0 Å². The second-order valence-corrected chi connectivity index (χ2v) is 8.12. The van der Waals surface area contributed by atoms with E-state index in [0.717, 1.165) is 19.5 Å². The fraction of sp³-hybridized carbons (Fsp3) is 0.611. The fourth-order valence-corrected chi connectivity index (χ4v) is 4.99. The van der Waals surface area contributed by atoms with E-state index in [4.69, 9.17) is 0 Å². The van der Waals surface area contributed by atoms with Crippen LogP contribution in [0.5, 0.6) is 0 Å². The number of hydrogen-bond acceptors (Lipinski definition) is 3. The molecule has 1 aromatic carbocycles. The molecule has 1 amide bonds. The van der Waals surface area contributed by atoms with Gasteiger partial charge < -0.3 is 10.6 Å². The first kappa shape index (κ1) is 18.6. The van der Waals surface area contributed by atoms with Crippen LogP contribution in [-0.4, -0.2) is 29.8 Å². The minimum atomic E-state index is 0. The highest BCUT2D eigenvalue weighted by atomic mass is 35.5. The summed E-state index contributed by atoms with van der Waals surface area (Å²) in [5.74, 6) is 0.208. The Labute approximate surface area is 149 Å². The average molecular weight is 355 g/mol. The van der Waals surface area contributed by atoms with Crippen LogP contribution in [-0.2, 0) is 4.79 Å². The summed E-state index contributed by atoms with van der Waals surface area (Å²) in [6.07, 6.45) is 7.93. The van der Waals surface area contributed by atoms with E-state index < -0.39 is 0 Å². The van der Waals surface area contributed by atoms with E-state index in [1.165, 1.54) is 37.0 Å². The molecule has 1 aliphatic heterocycles. The maximum absolute atomic E-state index is 12.2. The maximum Gasteiger partial charge on any atom is 0.221 e. The van der Waals surface area contributed by atoms with Gasteiger partial charge in [-0.3, -0.25) is 4.79 Å². The van der Waals surface area contributed by atoms with E-state index in [1.54, 1.807) is 0 Å². The van der Waals surface area contributed by atoms with Gasteiger partial charge in [0.1, 0.15) is 0 Å². The minimum Gasteiger partial charge on any atom is -0.355 e. The highest BCUT2D eigenvalue weighted by molar-refractivity contribution is 8.00. The first-order chi connectivity index (χ1) is 10.8. The lowest BCUT2D eigenvalue weighted by atomic mass is 10.1. The van der Waals surface area contributed by atoms with Crippen LogP contribution in [0, 0.1) is 0 Å². The number of hydrogen-bond donors (Lipinski definition) is 2. The van der Waals surface area contributed by atoms with Crippen LogP contribution in [0.15, 0.2) is 35.2 Å². The molecule has 1 saturated carbocycles. The van der Waals surface area contributed by atoms with Gasteiger partial charge in [0.25, 0.3) is 0 Å². The largest absolute Gasteiger partial charge is 0.355 e. The van der Waals surface area contributed by atoms with E-state index in [1.807, 2.05) is 11.8 Å². The van der Waals surface area contributed by atoms with E-state index in [2.05, 4.69) is 41.0 Å². The zero-order valence-electron chi connectivity index (χ0n) is 13.6. The van der Waals surface area contributed by atoms with E-state index in [9.17, 15) is 4.79 Å². The number of halogens is 1. The quantitative estimate of drug-likeness (QED) is 0.817. The Bertz CT molecular complexity index is 485. The summed E-state index contributed by atoms with van der Waals surface area (Å²) in [7, 11) is 0. The lowest BCUT2D eigenvalue weighted by Gasteiger charge is -2.29. The zero-order chi connectivity index (χ0) is 15.3. The summed E-state index contributed by atoms with van der Waals surface area (Å²) in [4.78, 5) is 13.5. The molecule has 3 nitrogen and oxygen atoms in total. The number of carbonyl (C=O) groups excluding carboxylic acids is 1. The van der Waals surface area contributed by atoms with Gasteiger partial charge in [-0.25, -0.2) is 0 Å². The summed E-state index contributed by atoms with van der Waals surface area (Å²) in [6.45, 7) is 1.86. The molecule has 2 aliphatic rings. The van der Waals surface area contributed by atoms with Crippen LogP contribution in [0.1, 0.15) is 44.9 Å². The topological polar surface area (TPSA) is 41.1 Å². The molecule has 1 saturated heterocycles. The third kappa shape index (κ3) is 5.40. The van der Waals surface area contributed by atoms with Crippen LogP contribution in [0.4, 0.5) is 0 Å². The Hall–Kier alpha value is -0.710. The molecule has 0 aromatic heterocycles. The van der Waals surface area contributed by atoms with Crippen LogP contribution in [0.25, 0.3) is 0 Å². The van der Waals surface area contributed by atoms with Crippen LogP contribution >= 0.6 is 24.2 Å². The van der Waals surface area contributed by atoms with Gasteiger partial charge in [0.15, 0.2) is 0 Å². The van der Waals surface area contributed by atoms with Crippen molar-refractivity contribution in [3.63, 3.8) is 0 Å². The van der Waals surface area contributed by atoms with Gasteiger partial charge in [-0.2, -0.15) is 0 Å². The second-order valence-electron chi connectivity index (χ2n) is 6.58. The van der Waals surface area contributed by atoms with Gasteiger partial charge in [0.2, 0.25) is 5.91 Å². The Morgan fingerprint density at radius 3 is 2.61 bits per heavy atom. The Morgan fingerprint density at radius 2 is 1.96 bits per heavy atom. The third-order valence-electron chi connectivity index (χ3n) is 4.79. The lowest BCUT2D eigenvalue weighted by Crippen LogP contribution is -2.40. The normalized spacial score (nSPS) is 22.5. The Morgan fingerprint density at radius 1 is 1.22 bits per heavy atom. The summed E-state index contributed by atoms with van der Waals surface area (Å²) in [5.41, 5.74) is 0. The Kier molecular flexibility index (Phi) is 7.25. The molecule has 0 bridgehead atoms. The molecule has 5 heteroatoms. The second kappa shape index (κ2) is 8.95. The molecule has 23 heavy (non-hydrogen) atoms. The number of benzene rings is 1. The maximum atomic E-state index is 12.2. The zero-order valence-corrected chi connectivity index (χ0v) is 15.2.